The molecule has 2 heterocycles. The highest BCUT2D eigenvalue weighted by Crippen LogP contribution is 2.57. The van der Waals surface area contributed by atoms with Gasteiger partial charge in [0.15, 0.2) is 12.3 Å². The Labute approximate surface area is 399 Å². The van der Waals surface area contributed by atoms with Gasteiger partial charge in [-0.3, -0.25) is 0 Å². The van der Waals surface area contributed by atoms with Crippen molar-refractivity contribution < 1.29 is 0 Å². The van der Waals surface area contributed by atoms with E-state index < -0.39 is 0 Å². The van der Waals surface area contributed by atoms with E-state index in [-0.39, 0.29) is 12.3 Å². The Morgan fingerprint density at radius 3 is 0.803 bits per heavy atom. The molecule has 6 aromatic carbocycles. The molecule has 0 radical (unpaired) electrons. The van der Waals surface area contributed by atoms with Gasteiger partial charge in [0.25, 0.3) is 0 Å². The van der Waals surface area contributed by atoms with Crippen molar-refractivity contribution in [3.05, 3.63) is 166 Å². The van der Waals surface area contributed by atoms with E-state index in [1.807, 2.05) is 0 Å². The molecule has 0 fully saturated rings. The topological polar surface area (TPSA) is 13.0 Å². The van der Waals surface area contributed by atoms with Crippen LogP contribution in [0.1, 0.15) is 203 Å². The van der Waals surface area contributed by atoms with Gasteiger partial charge in [-0.2, -0.15) is 0 Å². The van der Waals surface area contributed by atoms with Crippen LogP contribution in [0.25, 0.3) is 0 Å². The summed E-state index contributed by atoms with van der Waals surface area (Å²) in [6.07, 6.45) is -0.458. The Morgan fingerprint density at radius 1 is 0.258 bits per heavy atom. The summed E-state index contributed by atoms with van der Waals surface area (Å²) in [6.45, 7) is 37.5. The van der Waals surface area contributed by atoms with Crippen LogP contribution in [0, 0.1) is 0 Å². The van der Waals surface area contributed by atoms with Gasteiger partial charge in [0.05, 0.1) is 22.7 Å². The van der Waals surface area contributed by atoms with Gasteiger partial charge in [-0.1, -0.05) is 165 Å². The van der Waals surface area contributed by atoms with E-state index >= 15 is 0 Å². The molecule has 0 aliphatic carbocycles. The SMILES string of the molecule is CC(C)c1cc(C(C)C)cc(N2c3ccccc3N(c3cc(C(C)C)cc(C(C)C)c3)C2C2N(c3cc(C(C)C)cc(C(C)C)c3)c3ccccc3N2c2cc(C(C)C)ccc2C(C)C)c1. The van der Waals surface area contributed by atoms with Crippen LogP contribution in [-0.4, -0.2) is 12.3 Å². The zero-order valence-corrected chi connectivity index (χ0v) is 43.1. The first kappa shape index (κ1) is 47.0. The second-order valence-corrected chi connectivity index (χ2v) is 21.9. The Balaban J connectivity index is 1.56. The zero-order chi connectivity index (χ0) is 47.5. The van der Waals surface area contributed by atoms with Crippen molar-refractivity contribution in [2.24, 2.45) is 0 Å². The molecule has 1 unspecified atom stereocenters. The Bertz CT molecular complexity index is 2510. The Hall–Kier alpha value is -5.48. The van der Waals surface area contributed by atoms with Crippen LogP contribution in [0.3, 0.4) is 0 Å². The summed E-state index contributed by atoms with van der Waals surface area (Å²) in [5.41, 5.74) is 20.9. The number of fused-ring (bicyclic) bond motifs is 2. The monoisotopic (exact) mass is 879 g/mol. The molecule has 0 saturated heterocycles. The van der Waals surface area contributed by atoms with Crippen molar-refractivity contribution >= 4 is 45.5 Å². The van der Waals surface area contributed by atoms with Crippen molar-refractivity contribution in [1.82, 2.24) is 0 Å². The Morgan fingerprint density at radius 2 is 0.530 bits per heavy atom. The van der Waals surface area contributed by atoms with Crippen molar-refractivity contribution in [3.63, 3.8) is 0 Å². The van der Waals surface area contributed by atoms with Crippen LogP contribution >= 0.6 is 0 Å². The third-order valence-electron chi connectivity index (χ3n) is 14.5. The summed E-state index contributed by atoms with van der Waals surface area (Å²) < 4.78 is 0. The first-order valence-corrected chi connectivity index (χ1v) is 25.3. The van der Waals surface area contributed by atoms with Crippen molar-refractivity contribution in [2.45, 2.75) is 170 Å². The lowest BCUT2D eigenvalue weighted by Gasteiger charge is -2.45. The van der Waals surface area contributed by atoms with E-state index in [1.165, 1.54) is 90.0 Å². The number of rotatable bonds is 13. The van der Waals surface area contributed by atoms with Crippen LogP contribution in [0.5, 0.6) is 0 Å². The fraction of sp³-hybridized carbons (Fsp3) is 0.419. The number of nitrogens with zero attached hydrogens (tertiary/aromatic N) is 4. The van der Waals surface area contributed by atoms with Gasteiger partial charge >= 0.3 is 0 Å². The third kappa shape index (κ3) is 8.66. The maximum absolute atomic E-state index is 2.76. The smallest absolute Gasteiger partial charge is 0.151 e. The molecule has 4 heteroatoms. The number of benzene rings is 6. The molecule has 0 aromatic heterocycles. The maximum atomic E-state index is 2.76. The zero-order valence-electron chi connectivity index (χ0n) is 43.1. The molecule has 0 N–H and O–H groups in total. The molecule has 0 bridgehead atoms. The highest BCUT2D eigenvalue weighted by molar-refractivity contribution is 5.95. The molecule has 8 rings (SSSR count). The van der Waals surface area contributed by atoms with E-state index in [0.29, 0.717) is 47.3 Å². The van der Waals surface area contributed by atoms with E-state index in [2.05, 4.69) is 252 Å². The molecular weight excluding hydrogens is 801 g/mol. The first-order chi connectivity index (χ1) is 31.4. The standard InChI is InChI=1S/C62H78N4/c1-37(2)45-25-26-55(44(15)16)60(36-45)66-59-24-20-19-23-58(59)65(54-34-50(42(11)12)29-51(35-54)43(13)14)62(66)61-63(52-30-46(38(3)4)27-47(31-52)39(5)6)56-21-17-18-22-57(56)64(61)53-32-48(40(7)8)28-49(33-53)41(9)10/h17-44,61-62H,1-16H3. The largest absolute Gasteiger partial charge is 0.314 e. The van der Waals surface area contributed by atoms with Gasteiger partial charge in [0, 0.05) is 22.7 Å². The molecule has 0 spiro atoms. The van der Waals surface area contributed by atoms with Crippen LogP contribution in [0.15, 0.2) is 121 Å². The second-order valence-electron chi connectivity index (χ2n) is 21.9. The number of hydrogen-bond acceptors (Lipinski definition) is 4. The maximum Gasteiger partial charge on any atom is 0.151 e. The van der Waals surface area contributed by atoms with Crippen LogP contribution in [0.2, 0.25) is 0 Å². The highest BCUT2D eigenvalue weighted by atomic mass is 15.5. The summed E-state index contributed by atoms with van der Waals surface area (Å²) in [5.74, 6) is 2.90. The summed E-state index contributed by atoms with van der Waals surface area (Å²) >= 11 is 0. The van der Waals surface area contributed by atoms with E-state index in [4.69, 9.17) is 0 Å². The van der Waals surface area contributed by atoms with E-state index in [1.54, 1.807) is 0 Å². The fourth-order valence-corrected chi connectivity index (χ4v) is 10.2. The minimum atomic E-state index is -0.229. The molecule has 346 valence electrons. The first-order valence-electron chi connectivity index (χ1n) is 25.3. The van der Waals surface area contributed by atoms with Gasteiger partial charge in [-0.05, 0) is 159 Å². The second kappa shape index (κ2) is 18.7. The molecule has 2 aliphatic heterocycles. The molecule has 4 nitrogen and oxygen atoms in total. The lowest BCUT2D eigenvalue weighted by atomic mass is 9.93. The van der Waals surface area contributed by atoms with Crippen LogP contribution in [-0.2, 0) is 0 Å². The normalized spacial score (nSPS) is 15.4. The van der Waals surface area contributed by atoms with Crippen molar-refractivity contribution in [2.75, 3.05) is 19.6 Å². The molecule has 66 heavy (non-hydrogen) atoms. The Kier molecular flexibility index (Phi) is 13.3. The highest BCUT2D eigenvalue weighted by Gasteiger charge is 2.52. The van der Waals surface area contributed by atoms with E-state index in [0.717, 1.165) is 0 Å². The van der Waals surface area contributed by atoms with E-state index in [9.17, 15) is 0 Å². The average Bonchev–Trinajstić information content (AvgIpc) is 3.81. The molecule has 1 atom stereocenters. The number of anilines is 8. The summed E-state index contributed by atoms with van der Waals surface area (Å²) in [4.78, 5) is 11.0. The van der Waals surface area contributed by atoms with Gasteiger partial charge in [-0.15, -0.1) is 0 Å². The minimum absolute atomic E-state index is 0.229. The number of para-hydroxylation sites is 4. The lowest BCUT2D eigenvalue weighted by Crippen LogP contribution is -2.58. The quantitative estimate of drug-likeness (QED) is 0.115. The molecule has 0 amide bonds. The van der Waals surface area contributed by atoms with Crippen molar-refractivity contribution in [1.29, 1.82) is 0 Å². The predicted molar refractivity (Wildman–Crippen MR) is 287 cm³/mol. The van der Waals surface area contributed by atoms with Crippen molar-refractivity contribution in [3.8, 4) is 0 Å². The number of hydrogen-bond donors (Lipinski definition) is 0. The van der Waals surface area contributed by atoms with Gasteiger partial charge in [-0.25, -0.2) is 0 Å². The predicted octanol–water partition coefficient (Wildman–Crippen LogP) is 18.6. The van der Waals surface area contributed by atoms with Crippen LogP contribution in [0.4, 0.5) is 45.5 Å². The van der Waals surface area contributed by atoms with Crippen LogP contribution < -0.4 is 19.6 Å². The average molecular weight is 879 g/mol. The molecule has 6 aromatic rings. The summed E-state index contributed by atoms with van der Waals surface area (Å²) in [5, 5.41) is 0. The van der Waals surface area contributed by atoms with Gasteiger partial charge < -0.3 is 19.6 Å². The van der Waals surface area contributed by atoms with Gasteiger partial charge in [0.1, 0.15) is 0 Å². The fourth-order valence-electron chi connectivity index (χ4n) is 10.2. The summed E-state index contributed by atoms with van der Waals surface area (Å²) in [7, 11) is 0. The lowest BCUT2D eigenvalue weighted by molar-refractivity contribution is 0.547. The third-order valence-corrected chi connectivity index (χ3v) is 14.5. The minimum Gasteiger partial charge on any atom is -0.314 e. The molecular formula is C62H78N4. The van der Waals surface area contributed by atoms with Gasteiger partial charge in [0.2, 0.25) is 0 Å². The molecule has 0 saturated carbocycles. The summed E-state index contributed by atoms with van der Waals surface area (Å²) in [6, 6.07) is 48.2. The molecule has 2 aliphatic rings.